The molecule has 1 aromatic heterocycles. The Kier molecular flexibility index (Phi) is 5.09. The number of hydrogen-bond acceptors (Lipinski definition) is 8. The number of methoxy groups -OCH3 is 2. The van der Waals surface area contributed by atoms with E-state index in [0.29, 0.717) is 13.0 Å². The molecule has 0 unspecified atom stereocenters. The molecule has 9 heteroatoms. The molecule has 0 radical (unpaired) electrons. The van der Waals surface area contributed by atoms with Gasteiger partial charge < -0.3 is 14.4 Å². The topological polar surface area (TPSA) is 112 Å². The molecule has 0 N–H and O–H groups in total. The Balaban J connectivity index is 2.45. The number of anilines is 1. The van der Waals surface area contributed by atoms with Crippen LogP contribution in [0.5, 0.6) is 0 Å². The number of aromatic nitrogens is 1. The summed E-state index contributed by atoms with van der Waals surface area (Å²) in [5, 5.41) is 11.3. The van der Waals surface area contributed by atoms with Gasteiger partial charge in [0.05, 0.1) is 24.7 Å². The van der Waals surface area contributed by atoms with E-state index in [1.165, 1.54) is 20.4 Å². The number of pyridine rings is 1. The van der Waals surface area contributed by atoms with Crippen molar-refractivity contribution in [2.75, 3.05) is 25.7 Å². The highest BCUT2D eigenvalue weighted by molar-refractivity contribution is 5.90. The highest BCUT2D eigenvalue weighted by Crippen LogP contribution is 2.32. The first-order chi connectivity index (χ1) is 11.0. The van der Waals surface area contributed by atoms with Crippen molar-refractivity contribution in [2.24, 2.45) is 0 Å². The molecule has 0 aromatic carbocycles. The Labute approximate surface area is 132 Å². The lowest BCUT2D eigenvalue weighted by Crippen LogP contribution is -2.46. The molecule has 23 heavy (non-hydrogen) atoms. The monoisotopic (exact) mass is 323 g/mol. The molecule has 124 valence electrons. The van der Waals surface area contributed by atoms with Crippen LogP contribution in [-0.4, -0.2) is 48.7 Å². The van der Waals surface area contributed by atoms with Crippen molar-refractivity contribution in [3.63, 3.8) is 0 Å². The fraction of sp³-hybridized carbons (Fsp3) is 0.500. The van der Waals surface area contributed by atoms with E-state index in [9.17, 15) is 19.7 Å². The molecule has 0 saturated carbocycles. The summed E-state index contributed by atoms with van der Waals surface area (Å²) in [6, 6.07) is 0.487. The number of nitrogens with zero attached hydrogens (tertiary/aromatic N) is 3. The summed E-state index contributed by atoms with van der Waals surface area (Å²) in [7, 11) is 2.46. The van der Waals surface area contributed by atoms with Gasteiger partial charge in [-0.2, -0.15) is 0 Å². The van der Waals surface area contributed by atoms with Crippen LogP contribution in [0.2, 0.25) is 0 Å². The van der Waals surface area contributed by atoms with Crippen LogP contribution in [0.25, 0.3) is 0 Å². The highest BCUT2D eigenvalue weighted by Gasteiger charge is 2.34. The highest BCUT2D eigenvalue weighted by atomic mass is 16.6. The quantitative estimate of drug-likeness (QED) is 0.463. The number of hydrogen-bond donors (Lipinski definition) is 0. The normalized spacial score (nSPS) is 17.5. The second-order valence-electron chi connectivity index (χ2n) is 5.04. The van der Waals surface area contributed by atoms with Gasteiger partial charge in [0.1, 0.15) is 6.04 Å². The van der Waals surface area contributed by atoms with Crippen LogP contribution in [0, 0.1) is 10.1 Å². The van der Waals surface area contributed by atoms with E-state index in [4.69, 9.17) is 4.74 Å². The number of esters is 2. The van der Waals surface area contributed by atoms with Crippen LogP contribution in [0.1, 0.15) is 29.6 Å². The molecule has 0 amide bonds. The zero-order chi connectivity index (χ0) is 17.0. The van der Waals surface area contributed by atoms with Crippen molar-refractivity contribution in [2.45, 2.75) is 25.3 Å². The maximum absolute atomic E-state index is 11.9. The van der Waals surface area contributed by atoms with Crippen LogP contribution in [-0.2, 0) is 14.3 Å². The van der Waals surface area contributed by atoms with Gasteiger partial charge >= 0.3 is 17.6 Å². The summed E-state index contributed by atoms with van der Waals surface area (Å²) in [5.41, 5.74) is -0.363. The van der Waals surface area contributed by atoms with E-state index in [-0.39, 0.29) is 17.1 Å². The second kappa shape index (κ2) is 7.03. The largest absolute Gasteiger partial charge is 0.467 e. The van der Waals surface area contributed by atoms with Gasteiger partial charge in [-0.15, -0.1) is 0 Å². The summed E-state index contributed by atoms with van der Waals surface area (Å²) >= 11 is 0. The zero-order valence-corrected chi connectivity index (χ0v) is 12.9. The lowest BCUT2D eigenvalue weighted by molar-refractivity contribution is -0.384. The van der Waals surface area contributed by atoms with Crippen LogP contribution in [0.4, 0.5) is 11.5 Å². The van der Waals surface area contributed by atoms with Gasteiger partial charge in [-0.3, -0.25) is 10.1 Å². The second-order valence-corrected chi connectivity index (χ2v) is 5.04. The van der Waals surface area contributed by atoms with Crippen molar-refractivity contribution in [3.8, 4) is 0 Å². The van der Waals surface area contributed by atoms with Gasteiger partial charge in [-0.05, 0) is 19.3 Å². The van der Waals surface area contributed by atoms with E-state index >= 15 is 0 Å². The van der Waals surface area contributed by atoms with E-state index in [0.717, 1.165) is 18.9 Å². The molecular weight excluding hydrogens is 306 g/mol. The minimum Gasteiger partial charge on any atom is -0.467 e. The lowest BCUT2D eigenvalue weighted by atomic mass is 10.0. The molecule has 0 bridgehead atoms. The molecule has 0 aliphatic carbocycles. The number of rotatable bonds is 4. The number of carbonyl (C=O) groups excluding carboxylic acids is 2. The molecule has 1 aromatic rings. The third-order valence-corrected chi connectivity index (χ3v) is 3.71. The lowest BCUT2D eigenvalue weighted by Gasteiger charge is -2.34. The summed E-state index contributed by atoms with van der Waals surface area (Å²) in [4.78, 5) is 39.8. The van der Waals surface area contributed by atoms with Crippen LogP contribution in [0.15, 0.2) is 12.3 Å². The van der Waals surface area contributed by atoms with Gasteiger partial charge in [0, 0.05) is 18.8 Å². The first kappa shape index (κ1) is 16.7. The van der Waals surface area contributed by atoms with Crippen molar-refractivity contribution in [1.82, 2.24) is 4.98 Å². The van der Waals surface area contributed by atoms with Gasteiger partial charge in [-0.25, -0.2) is 14.6 Å². The predicted octanol–water partition coefficient (Wildman–Crippen LogP) is 1.31. The number of ether oxygens (including phenoxy) is 2. The Morgan fingerprint density at radius 2 is 2.09 bits per heavy atom. The number of nitro groups is 1. The predicted molar refractivity (Wildman–Crippen MR) is 79.2 cm³/mol. The van der Waals surface area contributed by atoms with Crippen LogP contribution < -0.4 is 4.90 Å². The number of carbonyl (C=O) groups is 2. The average molecular weight is 323 g/mol. The first-order valence-corrected chi connectivity index (χ1v) is 7.06. The van der Waals surface area contributed by atoms with E-state index in [2.05, 4.69) is 9.72 Å². The maximum atomic E-state index is 11.9. The van der Waals surface area contributed by atoms with Crippen LogP contribution in [0.3, 0.4) is 0 Å². The first-order valence-electron chi connectivity index (χ1n) is 7.06. The van der Waals surface area contributed by atoms with Crippen molar-refractivity contribution in [3.05, 3.63) is 27.9 Å². The Hall–Kier alpha value is -2.71. The zero-order valence-electron chi connectivity index (χ0n) is 12.9. The van der Waals surface area contributed by atoms with E-state index in [1.807, 2.05) is 0 Å². The minimum absolute atomic E-state index is 0.0189. The van der Waals surface area contributed by atoms with Gasteiger partial charge in [0.2, 0.25) is 5.82 Å². The average Bonchev–Trinajstić information content (AvgIpc) is 2.59. The van der Waals surface area contributed by atoms with Gasteiger partial charge in [0.15, 0.2) is 0 Å². The molecule has 9 nitrogen and oxygen atoms in total. The Morgan fingerprint density at radius 3 is 2.70 bits per heavy atom. The van der Waals surface area contributed by atoms with Crippen molar-refractivity contribution < 1.29 is 24.0 Å². The summed E-state index contributed by atoms with van der Waals surface area (Å²) in [6.45, 7) is 0.450. The molecular formula is C14H17N3O6. The summed E-state index contributed by atoms with van der Waals surface area (Å²) < 4.78 is 9.31. The van der Waals surface area contributed by atoms with Crippen molar-refractivity contribution >= 4 is 23.4 Å². The molecule has 1 atom stereocenters. The van der Waals surface area contributed by atoms with Gasteiger partial charge in [0.25, 0.3) is 0 Å². The SMILES string of the molecule is COC(=O)c1cnc(N2CCCC[C@H]2C(=O)OC)c([N+](=O)[O-])c1. The third kappa shape index (κ3) is 3.38. The maximum Gasteiger partial charge on any atom is 0.339 e. The van der Waals surface area contributed by atoms with Crippen LogP contribution >= 0.6 is 0 Å². The molecule has 1 saturated heterocycles. The molecule has 2 heterocycles. The standard InChI is InChI=1S/C14H17N3O6/c1-22-13(18)9-7-11(17(20)21)12(15-8-9)16-6-4-3-5-10(16)14(19)23-2/h7-8,10H,3-6H2,1-2H3/t10-/m0/s1. The fourth-order valence-electron chi connectivity index (χ4n) is 2.60. The fourth-order valence-corrected chi connectivity index (χ4v) is 2.60. The number of piperidine rings is 1. The summed E-state index contributed by atoms with van der Waals surface area (Å²) in [6.07, 6.45) is 3.34. The molecule has 0 spiro atoms. The Morgan fingerprint density at radius 1 is 1.35 bits per heavy atom. The third-order valence-electron chi connectivity index (χ3n) is 3.71. The van der Waals surface area contributed by atoms with E-state index in [1.54, 1.807) is 4.90 Å². The molecule has 1 aliphatic heterocycles. The molecule has 2 rings (SSSR count). The molecule has 1 aliphatic rings. The summed E-state index contributed by atoms with van der Waals surface area (Å²) in [5.74, 6) is -1.12. The van der Waals surface area contributed by atoms with Crippen molar-refractivity contribution in [1.29, 1.82) is 0 Å². The molecule has 1 fully saturated rings. The smallest absolute Gasteiger partial charge is 0.339 e. The Bertz CT molecular complexity index is 633. The minimum atomic E-state index is -0.713. The van der Waals surface area contributed by atoms with E-state index < -0.39 is 22.9 Å². The van der Waals surface area contributed by atoms with Gasteiger partial charge in [-0.1, -0.05) is 0 Å².